The molecule has 2 aromatic heterocycles. The van der Waals surface area contributed by atoms with Crippen LogP contribution in [0.15, 0.2) is 48.7 Å². The van der Waals surface area contributed by atoms with Crippen molar-refractivity contribution in [3.8, 4) is 0 Å². The second kappa shape index (κ2) is 3.47. The van der Waals surface area contributed by atoms with Crippen LogP contribution in [0, 0.1) is 6.92 Å². The zero-order valence-corrected chi connectivity index (χ0v) is 11.8. The van der Waals surface area contributed by atoms with Gasteiger partial charge in [-0.1, -0.05) is 18.2 Å². The number of aryl methyl sites for hydroxylation is 1. The summed E-state index contributed by atoms with van der Waals surface area (Å²) >= 11 is 1.89. The van der Waals surface area contributed by atoms with Crippen molar-refractivity contribution in [3.05, 3.63) is 54.2 Å². The van der Waals surface area contributed by atoms with Gasteiger partial charge in [0.15, 0.2) is 0 Å². The van der Waals surface area contributed by atoms with E-state index in [1.54, 1.807) is 0 Å². The molecule has 0 N–H and O–H groups in total. The molecule has 0 amide bonds. The summed E-state index contributed by atoms with van der Waals surface area (Å²) in [6, 6.07) is 15.4. The molecule has 3 aromatic carbocycles. The third kappa shape index (κ3) is 1.15. The van der Waals surface area contributed by atoms with E-state index in [0.29, 0.717) is 0 Å². The van der Waals surface area contributed by atoms with Gasteiger partial charge >= 0.3 is 0 Å². The van der Waals surface area contributed by atoms with Crippen molar-refractivity contribution in [2.45, 2.75) is 6.92 Å². The normalized spacial score (nSPS) is 12.2. The van der Waals surface area contributed by atoms with E-state index >= 15 is 0 Å². The fourth-order valence-electron chi connectivity index (χ4n) is 3.33. The molecule has 0 bridgehead atoms. The van der Waals surface area contributed by atoms with Crippen molar-refractivity contribution in [3.63, 3.8) is 0 Å². The molecule has 0 spiro atoms. The van der Waals surface area contributed by atoms with Gasteiger partial charge in [0.25, 0.3) is 0 Å². The highest BCUT2D eigenvalue weighted by Crippen LogP contribution is 2.44. The van der Waals surface area contributed by atoms with Gasteiger partial charge in [0.05, 0.1) is 5.52 Å². The molecular weight excluding hydrogens is 262 g/mol. The number of nitrogens with zero attached hydrogens (tertiary/aromatic N) is 1. The molecule has 1 nitrogen and oxygen atoms in total. The Balaban J connectivity index is 2.32. The zero-order valence-electron chi connectivity index (χ0n) is 11.0. The van der Waals surface area contributed by atoms with Crippen LogP contribution in [-0.2, 0) is 0 Å². The molecule has 5 rings (SSSR count). The van der Waals surface area contributed by atoms with E-state index in [2.05, 4.69) is 48.3 Å². The Bertz CT molecular complexity index is 1100. The first-order valence-electron chi connectivity index (χ1n) is 6.74. The molecule has 0 aliphatic heterocycles. The molecule has 0 atom stereocenters. The van der Waals surface area contributed by atoms with E-state index in [9.17, 15) is 0 Å². The Kier molecular flexibility index (Phi) is 1.83. The summed E-state index contributed by atoms with van der Waals surface area (Å²) in [5.74, 6) is 0. The monoisotopic (exact) mass is 273 g/mol. The second-order valence-electron chi connectivity index (χ2n) is 5.37. The molecule has 0 radical (unpaired) electrons. The summed E-state index contributed by atoms with van der Waals surface area (Å²) in [4.78, 5) is 4.66. The van der Waals surface area contributed by atoms with Gasteiger partial charge in [-0.3, -0.25) is 4.98 Å². The average Bonchev–Trinajstić information content (AvgIpc) is 2.84. The van der Waals surface area contributed by atoms with Crippen LogP contribution in [0.2, 0.25) is 0 Å². The lowest BCUT2D eigenvalue weighted by Gasteiger charge is -2.08. The van der Waals surface area contributed by atoms with Gasteiger partial charge in [-0.25, -0.2) is 0 Å². The van der Waals surface area contributed by atoms with Gasteiger partial charge in [0, 0.05) is 37.1 Å². The number of rotatable bonds is 0. The van der Waals surface area contributed by atoms with E-state index in [-0.39, 0.29) is 0 Å². The lowest BCUT2D eigenvalue weighted by atomic mass is 9.96. The summed E-state index contributed by atoms with van der Waals surface area (Å²) in [6.45, 7) is 2.17. The Morgan fingerprint density at radius 2 is 1.70 bits per heavy atom. The Morgan fingerprint density at radius 3 is 2.65 bits per heavy atom. The number of aromatic nitrogens is 1. The van der Waals surface area contributed by atoms with Crippen molar-refractivity contribution < 1.29 is 0 Å². The summed E-state index contributed by atoms with van der Waals surface area (Å²) in [5.41, 5.74) is 2.43. The molecular formula is C18H11NS. The standard InChI is InChI=1S/C18H11NS/c1-10-8-13-17-15(9-10)20-14-6-2-4-11(16(14)17)12-5-3-7-19-18(12)13/h2-9H,1H3. The van der Waals surface area contributed by atoms with Gasteiger partial charge in [-0.2, -0.15) is 0 Å². The predicted molar refractivity (Wildman–Crippen MR) is 88.1 cm³/mol. The van der Waals surface area contributed by atoms with Gasteiger partial charge < -0.3 is 0 Å². The first kappa shape index (κ1) is 10.6. The fraction of sp³-hybridized carbons (Fsp3) is 0.0556. The molecule has 2 heterocycles. The maximum atomic E-state index is 4.66. The van der Waals surface area contributed by atoms with Crippen LogP contribution in [0.4, 0.5) is 0 Å². The molecule has 0 unspecified atom stereocenters. The largest absolute Gasteiger partial charge is 0.256 e. The smallest absolute Gasteiger partial charge is 0.0787 e. The van der Waals surface area contributed by atoms with E-state index in [1.165, 1.54) is 41.9 Å². The van der Waals surface area contributed by atoms with Crippen LogP contribution in [0.5, 0.6) is 0 Å². The Morgan fingerprint density at radius 1 is 0.850 bits per heavy atom. The third-order valence-corrected chi connectivity index (χ3v) is 5.20. The minimum Gasteiger partial charge on any atom is -0.256 e. The van der Waals surface area contributed by atoms with E-state index in [1.807, 2.05) is 23.6 Å². The SMILES string of the molecule is Cc1cc2sc3cccc4c5cccnc5c(c1)c2c34. The highest BCUT2D eigenvalue weighted by atomic mass is 32.1. The predicted octanol–water partition coefficient (Wildman–Crippen LogP) is 5.50. The molecule has 0 fully saturated rings. The topological polar surface area (TPSA) is 12.9 Å². The van der Waals surface area contributed by atoms with Crippen molar-refractivity contribution >= 4 is 53.2 Å². The molecule has 0 aliphatic rings. The fourth-order valence-corrected chi connectivity index (χ4v) is 4.59. The van der Waals surface area contributed by atoms with Gasteiger partial charge in [-0.15, -0.1) is 11.3 Å². The quantitative estimate of drug-likeness (QED) is 0.339. The first-order valence-corrected chi connectivity index (χ1v) is 7.56. The van der Waals surface area contributed by atoms with E-state index in [4.69, 9.17) is 0 Å². The lowest BCUT2D eigenvalue weighted by Crippen LogP contribution is -1.85. The molecule has 5 aromatic rings. The maximum absolute atomic E-state index is 4.66. The molecule has 94 valence electrons. The van der Waals surface area contributed by atoms with Crippen LogP contribution < -0.4 is 0 Å². The van der Waals surface area contributed by atoms with Crippen molar-refractivity contribution in [1.82, 2.24) is 4.98 Å². The van der Waals surface area contributed by atoms with Crippen LogP contribution in [0.3, 0.4) is 0 Å². The average molecular weight is 273 g/mol. The third-order valence-electron chi connectivity index (χ3n) is 4.10. The highest BCUT2D eigenvalue weighted by Gasteiger charge is 2.15. The van der Waals surface area contributed by atoms with Crippen molar-refractivity contribution in [1.29, 1.82) is 0 Å². The zero-order chi connectivity index (χ0) is 13.3. The van der Waals surface area contributed by atoms with E-state index < -0.39 is 0 Å². The Hall–Kier alpha value is -2.19. The van der Waals surface area contributed by atoms with Gasteiger partial charge in [-0.05, 0) is 42.1 Å². The van der Waals surface area contributed by atoms with Gasteiger partial charge in [0.1, 0.15) is 0 Å². The summed E-state index contributed by atoms with van der Waals surface area (Å²) in [6.07, 6.45) is 1.89. The van der Waals surface area contributed by atoms with Crippen LogP contribution in [0.1, 0.15) is 5.56 Å². The number of thiophene rings is 1. The van der Waals surface area contributed by atoms with E-state index in [0.717, 1.165) is 5.52 Å². The minimum atomic E-state index is 1.12. The summed E-state index contributed by atoms with van der Waals surface area (Å²) in [7, 11) is 0. The van der Waals surface area contributed by atoms with Crippen molar-refractivity contribution in [2.75, 3.05) is 0 Å². The molecule has 20 heavy (non-hydrogen) atoms. The summed E-state index contributed by atoms with van der Waals surface area (Å²) < 4.78 is 2.75. The Labute approximate surface area is 119 Å². The van der Waals surface area contributed by atoms with Crippen LogP contribution >= 0.6 is 11.3 Å². The maximum Gasteiger partial charge on any atom is 0.0787 e. The molecule has 0 saturated carbocycles. The molecule has 0 aliphatic carbocycles. The van der Waals surface area contributed by atoms with Gasteiger partial charge in [0.2, 0.25) is 0 Å². The summed E-state index contributed by atoms with van der Waals surface area (Å²) in [5, 5.41) is 6.67. The number of hydrogen-bond donors (Lipinski definition) is 0. The van der Waals surface area contributed by atoms with Crippen LogP contribution in [-0.4, -0.2) is 4.98 Å². The molecule has 0 saturated heterocycles. The van der Waals surface area contributed by atoms with Crippen molar-refractivity contribution in [2.24, 2.45) is 0 Å². The van der Waals surface area contributed by atoms with Crippen LogP contribution in [0.25, 0.3) is 41.8 Å². The number of pyridine rings is 1. The first-order chi connectivity index (χ1) is 9.83. The number of hydrogen-bond acceptors (Lipinski definition) is 2. The second-order valence-corrected chi connectivity index (χ2v) is 6.45. The number of benzene rings is 3. The minimum absolute atomic E-state index is 1.12. The highest BCUT2D eigenvalue weighted by molar-refractivity contribution is 7.26. The lowest BCUT2D eigenvalue weighted by molar-refractivity contribution is 1.43. The molecule has 2 heteroatoms. The number of fused-ring (bicyclic) bond motifs is 3.